The molecular weight excluding hydrogens is 258 g/mol. The van der Waals surface area contributed by atoms with Crippen molar-refractivity contribution in [2.45, 2.75) is 76.8 Å². The number of rotatable bonds is 10. The Labute approximate surface area is 123 Å². The SMILES string of the molecule is CCCNC(C)(CC(C)SC(C)CC)C(=O)OCC. The molecule has 0 aliphatic rings. The third-order valence-corrected chi connectivity index (χ3v) is 4.66. The zero-order valence-corrected chi connectivity index (χ0v) is 14.2. The van der Waals surface area contributed by atoms with Crippen molar-refractivity contribution in [2.75, 3.05) is 13.2 Å². The molecule has 0 amide bonds. The first kappa shape index (κ1) is 18.8. The number of carbonyl (C=O) groups excluding carboxylic acids is 1. The van der Waals surface area contributed by atoms with Crippen molar-refractivity contribution >= 4 is 17.7 Å². The second kappa shape index (κ2) is 9.65. The van der Waals surface area contributed by atoms with E-state index >= 15 is 0 Å². The van der Waals surface area contributed by atoms with E-state index in [9.17, 15) is 4.79 Å². The van der Waals surface area contributed by atoms with E-state index in [0.717, 1.165) is 25.8 Å². The van der Waals surface area contributed by atoms with Crippen molar-refractivity contribution in [1.82, 2.24) is 5.32 Å². The molecule has 0 aromatic rings. The van der Waals surface area contributed by atoms with E-state index < -0.39 is 5.54 Å². The number of ether oxygens (including phenoxy) is 1. The lowest BCUT2D eigenvalue weighted by Gasteiger charge is -2.31. The first-order valence-electron chi connectivity index (χ1n) is 7.47. The molecule has 19 heavy (non-hydrogen) atoms. The van der Waals surface area contributed by atoms with Crippen LogP contribution in [0.1, 0.15) is 60.8 Å². The second-order valence-electron chi connectivity index (χ2n) is 5.35. The normalized spacial score (nSPS) is 17.6. The van der Waals surface area contributed by atoms with Crippen LogP contribution in [-0.2, 0) is 9.53 Å². The monoisotopic (exact) mass is 289 g/mol. The van der Waals surface area contributed by atoms with E-state index in [1.165, 1.54) is 0 Å². The average Bonchev–Trinajstić information content (AvgIpc) is 2.36. The third-order valence-electron chi connectivity index (χ3n) is 3.23. The summed E-state index contributed by atoms with van der Waals surface area (Å²) in [7, 11) is 0. The maximum Gasteiger partial charge on any atom is 0.326 e. The molecule has 0 rings (SSSR count). The minimum atomic E-state index is -0.564. The molecule has 0 heterocycles. The molecule has 3 atom stereocenters. The van der Waals surface area contributed by atoms with E-state index in [2.05, 4.69) is 33.0 Å². The summed E-state index contributed by atoms with van der Waals surface area (Å²) < 4.78 is 5.23. The van der Waals surface area contributed by atoms with Crippen LogP contribution in [-0.4, -0.2) is 35.2 Å². The fourth-order valence-corrected chi connectivity index (χ4v) is 3.45. The first-order valence-corrected chi connectivity index (χ1v) is 8.41. The van der Waals surface area contributed by atoms with Gasteiger partial charge in [-0.05, 0) is 39.7 Å². The number of thioether (sulfide) groups is 1. The molecule has 0 fully saturated rings. The van der Waals surface area contributed by atoms with E-state index in [0.29, 0.717) is 17.1 Å². The van der Waals surface area contributed by atoms with Crippen molar-refractivity contribution in [3.05, 3.63) is 0 Å². The van der Waals surface area contributed by atoms with Crippen molar-refractivity contribution in [3.8, 4) is 0 Å². The van der Waals surface area contributed by atoms with Gasteiger partial charge in [0, 0.05) is 10.5 Å². The Morgan fingerprint density at radius 3 is 2.37 bits per heavy atom. The smallest absolute Gasteiger partial charge is 0.326 e. The molecule has 0 spiro atoms. The summed E-state index contributed by atoms with van der Waals surface area (Å²) in [6.45, 7) is 13.8. The standard InChI is InChI=1S/C15H31NO2S/c1-7-10-16-15(6,14(17)18-9-3)11-13(5)19-12(4)8-2/h12-13,16H,7-11H2,1-6H3. The van der Waals surface area contributed by atoms with Gasteiger partial charge >= 0.3 is 5.97 Å². The average molecular weight is 289 g/mol. The van der Waals surface area contributed by atoms with Crippen LogP contribution in [0.2, 0.25) is 0 Å². The summed E-state index contributed by atoms with van der Waals surface area (Å²) in [5.41, 5.74) is -0.564. The van der Waals surface area contributed by atoms with Crippen LogP contribution < -0.4 is 5.32 Å². The Bertz CT molecular complexity index is 261. The summed E-state index contributed by atoms with van der Waals surface area (Å²) in [6.07, 6.45) is 2.98. The molecule has 0 aliphatic heterocycles. The number of hydrogen-bond donors (Lipinski definition) is 1. The van der Waals surface area contributed by atoms with E-state index in [4.69, 9.17) is 4.74 Å². The van der Waals surface area contributed by atoms with Crippen LogP contribution in [0.4, 0.5) is 0 Å². The lowest BCUT2D eigenvalue weighted by Crippen LogP contribution is -2.52. The molecule has 0 saturated heterocycles. The Morgan fingerprint density at radius 1 is 1.26 bits per heavy atom. The van der Waals surface area contributed by atoms with Gasteiger partial charge in [0.15, 0.2) is 0 Å². The van der Waals surface area contributed by atoms with E-state index in [1.54, 1.807) is 0 Å². The van der Waals surface area contributed by atoms with Gasteiger partial charge in [0.1, 0.15) is 5.54 Å². The van der Waals surface area contributed by atoms with Gasteiger partial charge in [-0.15, -0.1) is 0 Å². The summed E-state index contributed by atoms with van der Waals surface area (Å²) in [5, 5.41) is 4.44. The van der Waals surface area contributed by atoms with Crippen LogP contribution in [0.3, 0.4) is 0 Å². The predicted molar refractivity (Wildman–Crippen MR) is 84.8 cm³/mol. The first-order chi connectivity index (χ1) is 8.89. The summed E-state index contributed by atoms with van der Waals surface area (Å²) >= 11 is 1.95. The predicted octanol–water partition coefficient (Wildman–Crippen LogP) is 3.62. The Kier molecular flexibility index (Phi) is 9.54. The zero-order valence-electron chi connectivity index (χ0n) is 13.4. The molecule has 0 saturated carbocycles. The highest BCUT2D eigenvalue weighted by Gasteiger charge is 2.35. The molecule has 0 bridgehead atoms. The van der Waals surface area contributed by atoms with Crippen LogP contribution in [0, 0.1) is 0 Å². The molecule has 1 N–H and O–H groups in total. The Hall–Kier alpha value is -0.220. The number of hydrogen-bond acceptors (Lipinski definition) is 4. The maximum atomic E-state index is 12.2. The minimum Gasteiger partial charge on any atom is -0.465 e. The second-order valence-corrected chi connectivity index (χ2v) is 7.23. The minimum absolute atomic E-state index is 0.125. The molecule has 0 radical (unpaired) electrons. The molecule has 114 valence electrons. The van der Waals surface area contributed by atoms with Gasteiger partial charge < -0.3 is 10.1 Å². The van der Waals surface area contributed by atoms with Crippen LogP contribution in [0.25, 0.3) is 0 Å². The number of esters is 1. The lowest BCUT2D eigenvalue weighted by atomic mass is 9.96. The summed E-state index contributed by atoms with van der Waals surface area (Å²) in [5.74, 6) is -0.125. The van der Waals surface area contributed by atoms with Crippen molar-refractivity contribution in [3.63, 3.8) is 0 Å². The Balaban J connectivity index is 4.60. The largest absolute Gasteiger partial charge is 0.465 e. The fourth-order valence-electron chi connectivity index (χ4n) is 2.03. The van der Waals surface area contributed by atoms with Gasteiger partial charge in [0.2, 0.25) is 0 Å². The summed E-state index contributed by atoms with van der Waals surface area (Å²) in [4.78, 5) is 12.2. The van der Waals surface area contributed by atoms with Crippen LogP contribution >= 0.6 is 11.8 Å². The van der Waals surface area contributed by atoms with Gasteiger partial charge in [-0.3, -0.25) is 4.79 Å². The fraction of sp³-hybridized carbons (Fsp3) is 0.933. The van der Waals surface area contributed by atoms with Crippen LogP contribution in [0.5, 0.6) is 0 Å². The highest BCUT2D eigenvalue weighted by molar-refractivity contribution is 8.00. The van der Waals surface area contributed by atoms with Gasteiger partial charge in [-0.2, -0.15) is 11.8 Å². The molecule has 0 aromatic carbocycles. The zero-order chi connectivity index (χ0) is 14.9. The highest BCUT2D eigenvalue weighted by Crippen LogP contribution is 2.27. The third kappa shape index (κ3) is 7.21. The van der Waals surface area contributed by atoms with Gasteiger partial charge in [-0.25, -0.2) is 0 Å². The van der Waals surface area contributed by atoms with Crippen molar-refractivity contribution in [1.29, 1.82) is 0 Å². The number of nitrogens with one attached hydrogen (secondary N) is 1. The van der Waals surface area contributed by atoms with E-state index in [-0.39, 0.29) is 5.97 Å². The Morgan fingerprint density at radius 2 is 1.89 bits per heavy atom. The van der Waals surface area contributed by atoms with Crippen molar-refractivity contribution in [2.24, 2.45) is 0 Å². The molecular formula is C15H31NO2S. The van der Waals surface area contributed by atoms with Crippen LogP contribution in [0.15, 0.2) is 0 Å². The topological polar surface area (TPSA) is 38.3 Å². The van der Waals surface area contributed by atoms with Crippen molar-refractivity contribution < 1.29 is 9.53 Å². The number of carbonyl (C=O) groups is 1. The highest BCUT2D eigenvalue weighted by atomic mass is 32.2. The maximum absolute atomic E-state index is 12.2. The van der Waals surface area contributed by atoms with E-state index in [1.807, 2.05) is 25.6 Å². The van der Waals surface area contributed by atoms with Gasteiger partial charge in [0.25, 0.3) is 0 Å². The molecule has 3 unspecified atom stereocenters. The van der Waals surface area contributed by atoms with Gasteiger partial charge in [-0.1, -0.05) is 27.7 Å². The quantitative estimate of drug-likeness (QED) is 0.623. The molecule has 4 heteroatoms. The summed E-state index contributed by atoms with van der Waals surface area (Å²) in [6, 6.07) is 0. The van der Waals surface area contributed by atoms with Gasteiger partial charge in [0.05, 0.1) is 6.61 Å². The molecule has 0 aromatic heterocycles. The molecule has 0 aliphatic carbocycles. The lowest BCUT2D eigenvalue weighted by molar-refractivity contribution is -0.150. The molecule has 3 nitrogen and oxygen atoms in total.